The Hall–Kier alpha value is -1.97. The van der Waals surface area contributed by atoms with Gasteiger partial charge in [0.1, 0.15) is 12.4 Å². The van der Waals surface area contributed by atoms with Crippen LogP contribution in [0.25, 0.3) is 0 Å². The summed E-state index contributed by atoms with van der Waals surface area (Å²) in [5.74, 6) is 1.12. The second-order valence-corrected chi connectivity index (χ2v) is 3.32. The van der Waals surface area contributed by atoms with E-state index in [0.29, 0.717) is 12.5 Å². The fraction of sp³-hybridized carbons (Fsp3) is 0.182. The van der Waals surface area contributed by atoms with Crippen LogP contribution in [0, 0.1) is 6.92 Å². The van der Waals surface area contributed by atoms with Gasteiger partial charge in [0, 0.05) is 0 Å². The monoisotopic (exact) mass is 204 g/mol. The summed E-state index contributed by atoms with van der Waals surface area (Å²) in [6, 6.07) is 7.82. The topological polar surface area (TPSA) is 61.3 Å². The van der Waals surface area contributed by atoms with Crippen molar-refractivity contribution in [1.82, 2.24) is 5.16 Å². The number of ether oxygens (including phenoxy) is 1. The highest BCUT2D eigenvalue weighted by molar-refractivity contribution is 5.33. The number of aryl methyl sites for hydroxylation is 1. The lowest BCUT2D eigenvalue weighted by Gasteiger charge is -2.04. The molecule has 0 saturated carbocycles. The van der Waals surface area contributed by atoms with Gasteiger partial charge in [-0.3, -0.25) is 0 Å². The van der Waals surface area contributed by atoms with Gasteiger partial charge in [0.15, 0.2) is 0 Å². The van der Waals surface area contributed by atoms with Gasteiger partial charge < -0.3 is 15.0 Å². The van der Waals surface area contributed by atoms with E-state index in [2.05, 4.69) is 5.16 Å². The number of rotatable bonds is 3. The normalized spacial score (nSPS) is 10.2. The fourth-order valence-electron chi connectivity index (χ4n) is 1.24. The van der Waals surface area contributed by atoms with E-state index in [0.717, 1.165) is 16.9 Å². The average Bonchev–Trinajstić information content (AvgIpc) is 2.61. The van der Waals surface area contributed by atoms with E-state index in [1.807, 2.05) is 31.2 Å². The van der Waals surface area contributed by atoms with E-state index >= 15 is 0 Å². The van der Waals surface area contributed by atoms with Crippen LogP contribution in [0.15, 0.2) is 35.0 Å². The summed E-state index contributed by atoms with van der Waals surface area (Å²) in [7, 11) is 0. The maximum Gasteiger partial charge on any atom is 0.228 e. The summed E-state index contributed by atoms with van der Waals surface area (Å²) in [6.45, 7) is 2.39. The van der Waals surface area contributed by atoms with Gasteiger partial charge in [-0.05, 0) is 24.6 Å². The maximum absolute atomic E-state index is 5.53. The van der Waals surface area contributed by atoms with Gasteiger partial charge in [-0.1, -0.05) is 17.3 Å². The fourth-order valence-corrected chi connectivity index (χ4v) is 1.24. The first-order chi connectivity index (χ1) is 7.25. The molecule has 1 aromatic heterocycles. The predicted octanol–water partition coefficient (Wildman–Crippen LogP) is 2.14. The Kier molecular flexibility index (Phi) is 2.58. The molecule has 0 fully saturated rings. The zero-order valence-electron chi connectivity index (χ0n) is 8.43. The molecule has 4 nitrogen and oxygen atoms in total. The zero-order chi connectivity index (χ0) is 10.7. The van der Waals surface area contributed by atoms with Crippen LogP contribution in [0.3, 0.4) is 0 Å². The summed E-state index contributed by atoms with van der Waals surface area (Å²) in [5, 5.41) is 3.57. The van der Waals surface area contributed by atoms with Gasteiger partial charge in [0.2, 0.25) is 5.88 Å². The molecule has 0 unspecified atom stereocenters. The van der Waals surface area contributed by atoms with Gasteiger partial charge in [-0.15, -0.1) is 0 Å². The third-order valence-corrected chi connectivity index (χ3v) is 2.06. The third kappa shape index (κ3) is 2.28. The number of aromatic nitrogens is 1. The van der Waals surface area contributed by atoms with E-state index < -0.39 is 0 Å². The quantitative estimate of drug-likeness (QED) is 0.832. The molecule has 78 valence electrons. The number of anilines is 1. The van der Waals surface area contributed by atoms with Gasteiger partial charge in [0.25, 0.3) is 0 Å². The van der Waals surface area contributed by atoms with Crippen molar-refractivity contribution in [1.29, 1.82) is 0 Å². The minimum absolute atomic E-state index is 0.308. The molecule has 4 heteroatoms. The van der Waals surface area contributed by atoms with Crippen molar-refractivity contribution in [3.8, 4) is 5.75 Å². The molecular weight excluding hydrogens is 192 g/mol. The predicted molar refractivity (Wildman–Crippen MR) is 56.4 cm³/mol. The van der Waals surface area contributed by atoms with Crippen LogP contribution < -0.4 is 10.5 Å². The van der Waals surface area contributed by atoms with Crippen molar-refractivity contribution in [2.75, 3.05) is 5.73 Å². The van der Waals surface area contributed by atoms with Crippen LogP contribution >= 0.6 is 0 Å². The molecule has 1 aromatic carbocycles. The van der Waals surface area contributed by atoms with E-state index in [1.165, 1.54) is 0 Å². The summed E-state index contributed by atoms with van der Waals surface area (Å²) >= 11 is 0. The molecule has 2 aromatic rings. The summed E-state index contributed by atoms with van der Waals surface area (Å²) < 4.78 is 10.3. The van der Waals surface area contributed by atoms with Crippen LogP contribution in [0.5, 0.6) is 5.75 Å². The molecule has 15 heavy (non-hydrogen) atoms. The van der Waals surface area contributed by atoms with Gasteiger partial charge >= 0.3 is 0 Å². The van der Waals surface area contributed by atoms with Crippen LogP contribution in [0.2, 0.25) is 0 Å². The number of nitrogen functional groups attached to an aromatic ring is 1. The molecule has 0 radical (unpaired) electrons. The molecule has 1 heterocycles. The first kappa shape index (κ1) is 9.58. The molecule has 0 saturated heterocycles. The molecule has 0 aliphatic carbocycles. The standard InChI is InChI=1S/C11H12N2O2/c1-8-3-2-4-10(5-8)14-7-9-6-13-15-11(9)12/h2-6H,7,12H2,1H3. The molecule has 0 aliphatic heterocycles. The maximum atomic E-state index is 5.53. The Morgan fingerprint density at radius 3 is 3.00 bits per heavy atom. The van der Waals surface area contributed by atoms with E-state index in [-0.39, 0.29) is 0 Å². The van der Waals surface area contributed by atoms with E-state index in [1.54, 1.807) is 6.20 Å². The lowest BCUT2D eigenvalue weighted by molar-refractivity contribution is 0.305. The molecule has 0 aliphatic rings. The Balaban J connectivity index is 2.02. The number of hydrogen-bond acceptors (Lipinski definition) is 4. The lowest BCUT2D eigenvalue weighted by Crippen LogP contribution is -1.97. The van der Waals surface area contributed by atoms with Gasteiger partial charge in [-0.2, -0.15) is 0 Å². The summed E-state index contributed by atoms with van der Waals surface area (Å²) in [5.41, 5.74) is 7.44. The zero-order valence-corrected chi connectivity index (χ0v) is 8.43. The molecule has 0 spiro atoms. The van der Waals surface area contributed by atoms with Crippen LogP contribution in [0.1, 0.15) is 11.1 Å². The van der Waals surface area contributed by atoms with Gasteiger partial charge in [0.05, 0.1) is 11.8 Å². The second kappa shape index (κ2) is 4.04. The summed E-state index contributed by atoms with van der Waals surface area (Å²) in [6.07, 6.45) is 1.56. The van der Waals surface area contributed by atoms with Crippen molar-refractivity contribution >= 4 is 5.88 Å². The van der Waals surface area contributed by atoms with Crippen LogP contribution in [-0.4, -0.2) is 5.16 Å². The average molecular weight is 204 g/mol. The number of nitrogens with zero attached hydrogens (tertiary/aromatic N) is 1. The Labute approximate surface area is 87.6 Å². The molecule has 0 atom stereocenters. The first-order valence-electron chi connectivity index (χ1n) is 4.64. The Morgan fingerprint density at radius 1 is 1.47 bits per heavy atom. The molecule has 2 rings (SSSR count). The number of nitrogens with two attached hydrogens (primary N) is 1. The van der Waals surface area contributed by atoms with Crippen molar-refractivity contribution in [3.63, 3.8) is 0 Å². The minimum atomic E-state index is 0.308. The van der Waals surface area contributed by atoms with Crippen molar-refractivity contribution < 1.29 is 9.26 Å². The van der Waals surface area contributed by atoms with E-state index in [4.69, 9.17) is 15.0 Å². The van der Waals surface area contributed by atoms with Crippen LogP contribution in [-0.2, 0) is 6.61 Å². The largest absolute Gasteiger partial charge is 0.489 e. The molecule has 2 N–H and O–H groups in total. The number of benzene rings is 1. The highest BCUT2D eigenvalue weighted by Crippen LogP contribution is 2.16. The Bertz CT molecular complexity index is 451. The highest BCUT2D eigenvalue weighted by Gasteiger charge is 2.04. The third-order valence-electron chi connectivity index (χ3n) is 2.06. The SMILES string of the molecule is Cc1cccc(OCc2cnoc2N)c1. The highest BCUT2D eigenvalue weighted by atomic mass is 16.5. The molecule has 0 bridgehead atoms. The van der Waals surface area contributed by atoms with Crippen molar-refractivity contribution in [2.24, 2.45) is 0 Å². The molecular formula is C11H12N2O2. The van der Waals surface area contributed by atoms with Crippen molar-refractivity contribution in [2.45, 2.75) is 13.5 Å². The van der Waals surface area contributed by atoms with Crippen molar-refractivity contribution in [3.05, 3.63) is 41.6 Å². The smallest absolute Gasteiger partial charge is 0.228 e. The minimum Gasteiger partial charge on any atom is -0.489 e. The lowest BCUT2D eigenvalue weighted by atomic mass is 10.2. The van der Waals surface area contributed by atoms with E-state index in [9.17, 15) is 0 Å². The summed E-state index contributed by atoms with van der Waals surface area (Å²) in [4.78, 5) is 0. The van der Waals surface area contributed by atoms with Crippen LogP contribution in [0.4, 0.5) is 5.88 Å². The van der Waals surface area contributed by atoms with Gasteiger partial charge in [-0.25, -0.2) is 0 Å². The number of hydrogen-bond donors (Lipinski definition) is 1. The first-order valence-corrected chi connectivity index (χ1v) is 4.64. The second-order valence-electron chi connectivity index (χ2n) is 3.32. The Morgan fingerprint density at radius 2 is 2.33 bits per heavy atom. The molecule has 0 amide bonds.